The van der Waals surface area contributed by atoms with Gasteiger partial charge in [-0.15, -0.1) is 0 Å². The molecule has 0 aliphatic carbocycles. The average Bonchev–Trinajstić information content (AvgIpc) is 2.92. The van der Waals surface area contributed by atoms with Gasteiger partial charge >= 0.3 is 6.09 Å². The van der Waals surface area contributed by atoms with Crippen LogP contribution in [0, 0.1) is 0 Å². The highest BCUT2D eigenvalue weighted by Crippen LogP contribution is 2.25. The monoisotopic (exact) mass is 384 g/mol. The lowest BCUT2D eigenvalue weighted by atomic mass is 9.98. The van der Waals surface area contributed by atoms with E-state index in [9.17, 15) is 14.4 Å². The van der Waals surface area contributed by atoms with Crippen LogP contribution in [0.25, 0.3) is 11.1 Å². The Labute approximate surface area is 161 Å². The van der Waals surface area contributed by atoms with Crippen molar-refractivity contribution < 1.29 is 19.5 Å². The zero-order valence-electron chi connectivity index (χ0n) is 14.8. The molecule has 6 nitrogen and oxygen atoms in total. The van der Waals surface area contributed by atoms with E-state index in [-0.39, 0.29) is 22.4 Å². The summed E-state index contributed by atoms with van der Waals surface area (Å²) in [6.07, 6.45) is 0.103. The summed E-state index contributed by atoms with van der Waals surface area (Å²) in [5, 5.41) is 12.9. The fourth-order valence-electron chi connectivity index (χ4n) is 3.07. The second kappa shape index (κ2) is 8.26. The standard InChI is InChI=1S/C20H20N2O4S/c1-12(21-19(24)25)9-14-3-2-4-16(10-14)15-7-5-13(6-8-15)11-17-18(23)22-20(26)27-17/h2-8,10,12,17,21H,9,11H2,1H3,(H,24,25)(H,22,23,26). The maximum Gasteiger partial charge on any atom is 0.404 e. The van der Waals surface area contributed by atoms with E-state index in [1.807, 2.05) is 55.5 Å². The molecule has 0 bridgehead atoms. The van der Waals surface area contributed by atoms with E-state index >= 15 is 0 Å². The Morgan fingerprint density at radius 1 is 1.15 bits per heavy atom. The molecule has 2 atom stereocenters. The highest BCUT2D eigenvalue weighted by atomic mass is 32.2. The van der Waals surface area contributed by atoms with Crippen LogP contribution in [0.2, 0.25) is 0 Å². The molecule has 1 aliphatic rings. The fourth-order valence-corrected chi connectivity index (χ4v) is 3.93. The SMILES string of the molecule is CC(Cc1cccc(-c2ccc(CC3SC(=O)NC3=O)cc2)c1)NC(=O)O. The summed E-state index contributed by atoms with van der Waals surface area (Å²) in [5.41, 5.74) is 4.13. The van der Waals surface area contributed by atoms with Gasteiger partial charge in [0, 0.05) is 6.04 Å². The number of amides is 3. The molecule has 27 heavy (non-hydrogen) atoms. The first-order valence-electron chi connectivity index (χ1n) is 8.60. The van der Waals surface area contributed by atoms with E-state index in [1.165, 1.54) is 0 Å². The lowest BCUT2D eigenvalue weighted by Crippen LogP contribution is -2.32. The summed E-state index contributed by atoms with van der Waals surface area (Å²) >= 11 is 1.03. The molecule has 1 heterocycles. The van der Waals surface area contributed by atoms with Crippen molar-refractivity contribution in [3.05, 3.63) is 59.7 Å². The Kier molecular flexibility index (Phi) is 5.81. The van der Waals surface area contributed by atoms with Crippen LogP contribution in [0.3, 0.4) is 0 Å². The lowest BCUT2D eigenvalue weighted by molar-refractivity contribution is -0.118. The molecule has 140 valence electrons. The first-order valence-corrected chi connectivity index (χ1v) is 9.48. The van der Waals surface area contributed by atoms with Crippen LogP contribution in [-0.4, -0.2) is 33.6 Å². The Hall–Kier alpha value is -2.80. The normalized spacial score (nSPS) is 17.4. The molecule has 0 radical (unpaired) electrons. The average molecular weight is 384 g/mol. The zero-order chi connectivity index (χ0) is 19.4. The molecule has 2 aromatic carbocycles. The number of carboxylic acid groups (broad SMARTS) is 1. The number of carbonyl (C=O) groups is 3. The fraction of sp³-hybridized carbons (Fsp3) is 0.250. The van der Waals surface area contributed by atoms with Crippen molar-refractivity contribution in [2.75, 3.05) is 0 Å². The maximum absolute atomic E-state index is 11.7. The molecule has 2 unspecified atom stereocenters. The zero-order valence-corrected chi connectivity index (χ0v) is 15.6. The largest absolute Gasteiger partial charge is 0.465 e. The molecule has 1 saturated heterocycles. The van der Waals surface area contributed by atoms with Gasteiger partial charge in [0.2, 0.25) is 5.91 Å². The minimum Gasteiger partial charge on any atom is -0.465 e. The topological polar surface area (TPSA) is 95.5 Å². The van der Waals surface area contributed by atoms with Crippen molar-refractivity contribution in [3.63, 3.8) is 0 Å². The Bertz CT molecular complexity index is 867. The van der Waals surface area contributed by atoms with Gasteiger partial charge in [-0.2, -0.15) is 0 Å². The molecule has 1 fully saturated rings. The Balaban J connectivity index is 1.68. The van der Waals surface area contributed by atoms with Gasteiger partial charge in [0.25, 0.3) is 5.24 Å². The Morgan fingerprint density at radius 3 is 2.52 bits per heavy atom. The molecular weight excluding hydrogens is 364 g/mol. The predicted molar refractivity (Wildman–Crippen MR) is 105 cm³/mol. The van der Waals surface area contributed by atoms with E-state index in [1.54, 1.807) is 0 Å². The summed E-state index contributed by atoms with van der Waals surface area (Å²) < 4.78 is 0. The minimum absolute atomic E-state index is 0.169. The third-order valence-electron chi connectivity index (χ3n) is 4.31. The summed E-state index contributed by atoms with van der Waals surface area (Å²) in [6.45, 7) is 1.83. The van der Waals surface area contributed by atoms with Gasteiger partial charge in [0.05, 0.1) is 5.25 Å². The first kappa shape index (κ1) is 19.0. The summed E-state index contributed by atoms with van der Waals surface area (Å²) in [5.74, 6) is -0.231. The first-order chi connectivity index (χ1) is 12.9. The van der Waals surface area contributed by atoms with Crippen molar-refractivity contribution in [1.29, 1.82) is 0 Å². The number of hydrogen-bond acceptors (Lipinski definition) is 4. The summed E-state index contributed by atoms with van der Waals surface area (Å²) in [6, 6.07) is 15.7. The smallest absolute Gasteiger partial charge is 0.404 e. The van der Waals surface area contributed by atoms with Crippen molar-refractivity contribution in [2.45, 2.75) is 31.1 Å². The number of nitrogens with one attached hydrogen (secondary N) is 2. The molecule has 1 aliphatic heterocycles. The van der Waals surface area contributed by atoms with Gasteiger partial charge in [-0.05, 0) is 42.0 Å². The van der Waals surface area contributed by atoms with Gasteiger partial charge in [0.15, 0.2) is 0 Å². The highest BCUT2D eigenvalue weighted by Gasteiger charge is 2.31. The van der Waals surface area contributed by atoms with E-state index in [0.717, 1.165) is 34.0 Å². The summed E-state index contributed by atoms with van der Waals surface area (Å²) in [4.78, 5) is 33.7. The van der Waals surface area contributed by atoms with E-state index in [4.69, 9.17) is 5.11 Å². The minimum atomic E-state index is -1.02. The quantitative estimate of drug-likeness (QED) is 0.709. The predicted octanol–water partition coefficient (Wildman–Crippen LogP) is 3.45. The maximum atomic E-state index is 11.7. The number of rotatable bonds is 6. The number of imide groups is 1. The van der Waals surface area contributed by atoms with Gasteiger partial charge in [-0.25, -0.2) is 4.79 Å². The van der Waals surface area contributed by atoms with Crippen molar-refractivity contribution >= 4 is 29.0 Å². The van der Waals surface area contributed by atoms with Gasteiger partial charge in [0.1, 0.15) is 0 Å². The van der Waals surface area contributed by atoms with Gasteiger partial charge in [-0.1, -0.05) is 60.3 Å². The molecule has 2 aromatic rings. The number of hydrogen-bond donors (Lipinski definition) is 3. The van der Waals surface area contributed by atoms with Crippen LogP contribution >= 0.6 is 11.8 Å². The van der Waals surface area contributed by atoms with Crippen LogP contribution < -0.4 is 10.6 Å². The summed E-state index contributed by atoms with van der Waals surface area (Å²) in [7, 11) is 0. The molecular formula is C20H20N2O4S. The van der Waals surface area contributed by atoms with Gasteiger partial charge < -0.3 is 10.4 Å². The van der Waals surface area contributed by atoms with Crippen LogP contribution in [0.4, 0.5) is 9.59 Å². The lowest BCUT2D eigenvalue weighted by Gasteiger charge is -2.12. The number of carbonyl (C=O) groups excluding carboxylic acids is 2. The third kappa shape index (κ3) is 5.10. The second-order valence-electron chi connectivity index (χ2n) is 6.54. The molecule has 3 amide bonds. The van der Waals surface area contributed by atoms with Crippen molar-refractivity contribution in [2.24, 2.45) is 0 Å². The van der Waals surface area contributed by atoms with Crippen molar-refractivity contribution in [3.8, 4) is 11.1 Å². The van der Waals surface area contributed by atoms with Crippen LogP contribution in [0.5, 0.6) is 0 Å². The second-order valence-corrected chi connectivity index (χ2v) is 7.71. The molecule has 3 rings (SSSR count). The van der Waals surface area contributed by atoms with E-state index in [2.05, 4.69) is 10.6 Å². The van der Waals surface area contributed by atoms with E-state index in [0.29, 0.717) is 12.8 Å². The molecule has 0 saturated carbocycles. The van der Waals surface area contributed by atoms with Gasteiger partial charge in [-0.3, -0.25) is 14.9 Å². The van der Waals surface area contributed by atoms with Crippen LogP contribution in [-0.2, 0) is 17.6 Å². The molecule has 0 spiro atoms. The third-order valence-corrected chi connectivity index (χ3v) is 5.30. The van der Waals surface area contributed by atoms with Crippen molar-refractivity contribution in [1.82, 2.24) is 10.6 Å². The Morgan fingerprint density at radius 2 is 1.89 bits per heavy atom. The van der Waals surface area contributed by atoms with E-state index < -0.39 is 6.09 Å². The molecule has 0 aromatic heterocycles. The molecule has 7 heteroatoms. The number of thioether (sulfide) groups is 1. The number of benzene rings is 2. The van der Waals surface area contributed by atoms with Crippen LogP contribution in [0.1, 0.15) is 18.1 Å². The van der Waals surface area contributed by atoms with Crippen LogP contribution in [0.15, 0.2) is 48.5 Å². The highest BCUT2D eigenvalue weighted by molar-refractivity contribution is 8.15. The molecule has 3 N–H and O–H groups in total.